The zero-order chi connectivity index (χ0) is 18.7. The number of aryl methyl sites for hydroxylation is 1. The van der Waals surface area contributed by atoms with Crippen molar-refractivity contribution in [1.29, 1.82) is 0 Å². The highest BCUT2D eigenvalue weighted by Crippen LogP contribution is 2.24. The molecule has 1 N–H and O–H groups in total. The minimum Gasteiger partial charge on any atom is -0.296 e. The topological polar surface area (TPSA) is 92.3 Å². The Kier molecular flexibility index (Phi) is 5.69. The average Bonchev–Trinajstić information content (AvgIpc) is 3.09. The van der Waals surface area contributed by atoms with E-state index in [0.29, 0.717) is 29.7 Å². The zero-order valence-corrected chi connectivity index (χ0v) is 16.4. The molecule has 9 heteroatoms. The zero-order valence-electron chi connectivity index (χ0n) is 14.8. The molecule has 1 aliphatic rings. The third kappa shape index (κ3) is 4.11. The molecule has 26 heavy (non-hydrogen) atoms. The number of hydrogen-bond acceptors (Lipinski definition) is 6. The van der Waals surface area contributed by atoms with Crippen LogP contribution in [0.2, 0.25) is 0 Å². The number of nitrogens with zero attached hydrogens (tertiary/aromatic N) is 3. The van der Waals surface area contributed by atoms with Crippen LogP contribution < -0.4 is 5.32 Å². The number of nitrogens with one attached hydrogen (secondary N) is 1. The standard InChI is InChI=1S/C17H22N4O3S2/c1-3-15-19-20-17(25-15)18-16(22)13-6-8-14(9-7-13)26(23,24)21-10-4-5-12(2)11-21/h6-9,12H,3-5,10-11H2,1-2H3,(H,18,20,22)/t12-/m1/s1. The van der Waals surface area contributed by atoms with Crippen LogP contribution in [0.3, 0.4) is 0 Å². The molecule has 1 amide bonds. The molecule has 0 unspecified atom stereocenters. The number of aromatic nitrogens is 2. The van der Waals surface area contributed by atoms with Crippen molar-refractivity contribution in [1.82, 2.24) is 14.5 Å². The summed E-state index contributed by atoms with van der Waals surface area (Å²) in [6, 6.07) is 6.02. The molecular weight excluding hydrogens is 372 g/mol. The Morgan fingerprint density at radius 2 is 2.04 bits per heavy atom. The first-order valence-corrected chi connectivity index (χ1v) is 10.9. The van der Waals surface area contributed by atoms with Crippen LogP contribution in [0.5, 0.6) is 0 Å². The van der Waals surface area contributed by atoms with Crippen LogP contribution in [0, 0.1) is 5.92 Å². The van der Waals surface area contributed by atoms with Gasteiger partial charge in [0.1, 0.15) is 5.01 Å². The molecule has 1 aromatic heterocycles. The Morgan fingerprint density at radius 3 is 2.65 bits per heavy atom. The van der Waals surface area contributed by atoms with Crippen molar-refractivity contribution >= 4 is 32.4 Å². The van der Waals surface area contributed by atoms with Gasteiger partial charge in [-0.2, -0.15) is 4.31 Å². The summed E-state index contributed by atoms with van der Waals surface area (Å²) in [5.74, 6) is 0.0304. The van der Waals surface area contributed by atoms with Gasteiger partial charge in [0.2, 0.25) is 15.2 Å². The first-order valence-electron chi connectivity index (χ1n) is 8.64. The Bertz CT molecular complexity index is 878. The Labute approximate surface area is 157 Å². The molecular formula is C17H22N4O3S2. The summed E-state index contributed by atoms with van der Waals surface area (Å²) in [5, 5.41) is 11.8. The van der Waals surface area contributed by atoms with Gasteiger partial charge in [0.05, 0.1) is 4.90 Å². The van der Waals surface area contributed by atoms with Gasteiger partial charge in [-0.3, -0.25) is 10.1 Å². The first kappa shape index (κ1) is 18.9. The van der Waals surface area contributed by atoms with E-state index in [9.17, 15) is 13.2 Å². The molecule has 2 heterocycles. The Hall–Kier alpha value is -1.84. The number of piperidine rings is 1. The van der Waals surface area contributed by atoms with Crippen LogP contribution in [0.25, 0.3) is 0 Å². The number of rotatable bonds is 5. The lowest BCUT2D eigenvalue weighted by Crippen LogP contribution is -2.39. The number of benzene rings is 1. The maximum absolute atomic E-state index is 12.7. The molecule has 2 aromatic rings. The van der Waals surface area contributed by atoms with E-state index in [4.69, 9.17) is 0 Å². The summed E-state index contributed by atoms with van der Waals surface area (Å²) in [6.45, 7) is 5.12. The average molecular weight is 395 g/mol. The predicted octanol–water partition coefficient (Wildman–Crippen LogP) is 2.77. The summed E-state index contributed by atoms with van der Waals surface area (Å²) < 4.78 is 27.0. The van der Waals surface area contributed by atoms with E-state index in [1.807, 2.05) is 6.92 Å². The fourth-order valence-electron chi connectivity index (χ4n) is 2.91. The second-order valence-corrected chi connectivity index (χ2v) is 9.44. The van der Waals surface area contributed by atoms with E-state index >= 15 is 0 Å². The maximum Gasteiger partial charge on any atom is 0.257 e. The Balaban J connectivity index is 1.72. The fourth-order valence-corrected chi connectivity index (χ4v) is 5.18. The summed E-state index contributed by atoms with van der Waals surface area (Å²) in [6.07, 6.45) is 2.69. The van der Waals surface area contributed by atoms with Crippen molar-refractivity contribution in [3.05, 3.63) is 34.8 Å². The van der Waals surface area contributed by atoms with Gasteiger partial charge in [0.25, 0.3) is 5.91 Å². The number of hydrogen-bond donors (Lipinski definition) is 1. The normalized spacial score (nSPS) is 18.6. The monoisotopic (exact) mass is 394 g/mol. The largest absolute Gasteiger partial charge is 0.296 e. The molecule has 1 aromatic carbocycles. The van der Waals surface area contributed by atoms with Crippen LogP contribution in [0.1, 0.15) is 42.1 Å². The van der Waals surface area contributed by atoms with Crippen LogP contribution in [0.15, 0.2) is 29.2 Å². The number of amides is 1. The fraction of sp³-hybridized carbons (Fsp3) is 0.471. The third-order valence-corrected chi connectivity index (χ3v) is 7.23. The van der Waals surface area contributed by atoms with Gasteiger partial charge in [0.15, 0.2) is 0 Å². The summed E-state index contributed by atoms with van der Waals surface area (Å²) in [5.41, 5.74) is 0.379. The summed E-state index contributed by atoms with van der Waals surface area (Å²) >= 11 is 1.33. The van der Waals surface area contributed by atoms with E-state index in [1.165, 1.54) is 39.9 Å². The molecule has 0 saturated carbocycles. The highest BCUT2D eigenvalue weighted by Gasteiger charge is 2.28. The molecule has 3 rings (SSSR count). The third-order valence-electron chi connectivity index (χ3n) is 4.36. The number of anilines is 1. The summed E-state index contributed by atoms with van der Waals surface area (Å²) in [7, 11) is -3.52. The van der Waals surface area contributed by atoms with E-state index in [-0.39, 0.29) is 10.8 Å². The van der Waals surface area contributed by atoms with Gasteiger partial charge in [0, 0.05) is 18.7 Å². The molecule has 1 saturated heterocycles. The van der Waals surface area contributed by atoms with Crippen molar-refractivity contribution in [2.45, 2.75) is 38.0 Å². The second kappa shape index (κ2) is 7.81. The van der Waals surface area contributed by atoms with Crippen molar-refractivity contribution in [2.24, 2.45) is 5.92 Å². The minimum atomic E-state index is -3.52. The number of sulfonamides is 1. The molecule has 7 nitrogen and oxygen atoms in total. The van der Waals surface area contributed by atoms with E-state index in [2.05, 4.69) is 22.4 Å². The molecule has 1 fully saturated rings. The Morgan fingerprint density at radius 1 is 1.31 bits per heavy atom. The van der Waals surface area contributed by atoms with Gasteiger partial charge in [-0.1, -0.05) is 25.2 Å². The van der Waals surface area contributed by atoms with Crippen LogP contribution in [-0.2, 0) is 16.4 Å². The van der Waals surface area contributed by atoms with E-state index in [1.54, 1.807) is 0 Å². The van der Waals surface area contributed by atoms with Gasteiger partial charge in [-0.25, -0.2) is 8.42 Å². The molecule has 0 spiro atoms. The highest BCUT2D eigenvalue weighted by atomic mass is 32.2. The minimum absolute atomic E-state index is 0.215. The highest BCUT2D eigenvalue weighted by molar-refractivity contribution is 7.89. The van der Waals surface area contributed by atoms with Gasteiger partial charge in [-0.05, 0) is 49.4 Å². The van der Waals surface area contributed by atoms with Crippen LogP contribution >= 0.6 is 11.3 Å². The van der Waals surface area contributed by atoms with E-state index < -0.39 is 10.0 Å². The van der Waals surface area contributed by atoms with Gasteiger partial charge < -0.3 is 0 Å². The maximum atomic E-state index is 12.7. The molecule has 1 atom stereocenters. The molecule has 0 aliphatic carbocycles. The van der Waals surface area contributed by atoms with Crippen LogP contribution in [0.4, 0.5) is 5.13 Å². The van der Waals surface area contributed by atoms with Gasteiger partial charge >= 0.3 is 0 Å². The summed E-state index contributed by atoms with van der Waals surface area (Å²) in [4.78, 5) is 12.5. The SMILES string of the molecule is CCc1nnc(NC(=O)c2ccc(S(=O)(=O)N3CCC[C@@H](C)C3)cc2)s1. The number of carbonyl (C=O) groups is 1. The van der Waals surface area contributed by atoms with E-state index in [0.717, 1.165) is 24.3 Å². The van der Waals surface area contributed by atoms with Crippen molar-refractivity contribution in [3.8, 4) is 0 Å². The predicted molar refractivity (Wildman–Crippen MR) is 101 cm³/mol. The smallest absolute Gasteiger partial charge is 0.257 e. The molecule has 0 bridgehead atoms. The second-order valence-electron chi connectivity index (χ2n) is 6.44. The molecule has 1 aliphatic heterocycles. The van der Waals surface area contributed by atoms with Crippen molar-refractivity contribution < 1.29 is 13.2 Å². The van der Waals surface area contributed by atoms with Gasteiger partial charge in [-0.15, -0.1) is 10.2 Å². The molecule has 140 valence electrons. The first-order chi connectivity index (χ1) is 12.4. The quantitative estimate of drug-likeness (QED) is 0.842. The lowest BCUT2D eigenvalue weighted by molar-refractivity contribution is 0.102. The van der Waals surface area contributed by atoms with Crippen LogP contribution in [-0.4, -0.2) is 41.9 Å². The lowest BCUT2D eigenvalue weighted by Gasteiger charge is -2.30. The molecule has 0 radical (unpaired) electrons. The lowest BCUT2D eigenvalue weighted by atomic mass is 10.0. The van der Waals surface area contributed by atoms with Crippen molar-refractivity contribution in [2.75, 3.05) is 18.4 Å². The van der Waals surface area contributed by atoms with Crippen molar-refractivity contribution in [3.63, 3.8) is 0 Å². The number of carbonyl (C=O) groups excluding carboxylic acids is 1.